The highest BCUT2D eigenvalue weighted by Gasteiger charge is 2.02. The second-order valence-electron chi connectivity index (χ2n) is 5.04. The summed E-state index contributed by atoms with van der Waals surface area (Å²) < 4.78 is 5.85. The Hall–Kier alpha value is -1.80. The Balaban J connectivity index is 2.02. The molecule has 0 saturated carbocycles. The first kappa shape index (κ1) is 13.6. The predicted molar refractivity (Wildman–Crippen MR) is 79.3 cm³/mol. The van der Waals surface area contributed by atoms with Crippen molar-refractivity contribution in [3.05, 3.63) is 65.2 Å². The summed E-state index contributed by atoms with van der Waals surface area (Å²) in [6, 6.07) is 16.6. The molecule has 1 unspecified atom stereocenters. The van der Waals surface area contributed by atoms with Crippen LogP contribution >= 0.6 is 0 Å². The molecule has 2 rings (SSSR count). The molecule has 2 nitrogen and oxygen atoms in total. The van der Waals surface area contributed by atoms with Crippen molar-refractivity contribution in [3.8, 4) is 5.75 Å². The van der Waals surface area contributed by atoms with Crippen LogP contribution in [0.4, 0.5) is 0 Å². The second kappa shape index (κ2) is 6.39. The molecule has 0 amide bonds. The molecule has 0 aliphatic rings. The molecular weight excluding hydrogens is 234 g/mol. The van der Waals surface area contributed by atoms with Gasteiger partial charge in [0, 0.05) is 6.04 Å². The van der Waals surface area contributed by atoms with E-state index in [0.29, 0.717) is 6.61 Å². The lowest BCUT2D eigenvalue weighted by molar-refractivity contribution is 0.305. The third-order valence-electron chi connectivity index (χ3n) is 3.11. The first-order chi connectivity index (χ1) is 9.15. The van der Waals surface area contributed by atoms with Crippen molar-refractivity contribution in [2.24, 2.45) is 5.73 Å². The van der Waals surface area contributed by atoms with E-state index in [2.05, 4.69) is 31.2 Å². The molecule has 0 aromatic heterocycles. The number of rotatable bonds is 5. The lowest BCUT2D eigenvalue weighted by Gasteiger charge is -2.11. The molecule has 2 aromatic rings. The Morgan fingerprint density at radius 3 is 2.63 bits per heavy atom. The predicted octanol–water partition coefficient (Wildman–Crippen LogP) is 3.46. The number of nitrogens with two attached hydrogens (primary N) is 1. The Kier molecular flexibility index (Phi) is 4.58. The standard InChI is InChI=1S/C17H21NO/c1-13-6-3-4-8-16(13)12-19-17-9-5-7-15(11-17)10-14(2)18/h3-9,11,14H,10,12,18H2,1-2H3. The summed E-state index contributed by atoms with van der Waals surface area (Å²) in [6.45, 7) is 4.72. The number of aryl methyl sites for hydroxylation is 1. The van der Waals surface area contributed by atoms with Gasteiger partial charge in [-0.1, -0.05) is 36.4 Å². The van der Waals surface area contributed by atoms with Crippen LogP contribution in [0.3, 0.4) is 0 Å². The molecule has 0 radical (unpaired) electrons. The second-order valence-corrected chi connectivity index (χ2v) is 5.04. The molecule has 19 heavy (non-hydrogen) atoms. The summed E-state index contributed by atoms with van der Waals surface area (Å²) in [4.78, 5) is 0. The van der Waals surface area contributed by atoms with Crippen LogP contribution in [0.5, 0.6) is 5.75 Å². The first-order valence-electron chi connectivity index (χ1n) is 6.67. The highest BCUT2D eigenvalue weighted by atomic mass is 16.5. The topological polar surface area (TPSA) is 35.2 Å². The number of benzene rings is 2. The normalized spacial score (nSPS) is 12.2. The monoisotopic (exact) mass is 255 g/mol. The fraction of sp³-hybridized carbons (Fsp3) is 0.294. The summed E-state index contributed by atoms with van der Waals surface area (Å²) in [5, 5.41) is 0. The van der Waals surface area contributed by atoms with E-state index in [1.54, 1.807) is 0 Å². The molecule has 100 valence electrons. The van der Waals surface area contributed by atoms with Gasteiger partial charge in [-0.2, -0.15) is 0 Å². The maximum atomic E-state index is 5.85. The van der Waals surface area contributed by atoms with Gasteiger partial charge in [-0.05, 0) is 49.1 Å². The van der Waals surface area contributed by atoms with Gasteiger partial charge < -0.3 is 10.5 Å². The van der Waals surface area contributed by atoms with E-state index in [-0.39, 0.29) is 6.04 Å². The van der Waals surface area contributed by atoms with Gasteiger partial charge in [0.25, 0.3) is 0 Å². The van der Waals surface area contributed by atoms with E-state index in [4.69, 9.17) is 10.5 Å². The van der Waals surface area contributed by atoms with E-state index in [0.717, 1.165) is 12.2 Å². The van der Waals surface area contributed by atoms with E-state index < -0.39 is 0 Å². The number of hydrogen-bond donors (Lipinski definition) is 1. The average molecular weight is 255 g/mol. The zero-order valence-electron chi connectivity index (χ0n) is 11.6. The van der Waals surface area contributed by atoms with E-state index >= 15 is 0 Å². The highest BCUT2D eigenvalue weighted by Crippen LogP contribution is 2.17. The van der Waals surface area contributed by atoms with Gasteiger partial charge in [0.05, 0.1) is 0 Å². The highest BCUT2D eigenvalue weighted by molar-refractivity contribution is 5.30. The summed E-state index contributed by atoms with van der Waals surface area (Å²) in [5.74, 6) is 0.904. The van der Waals surface area contributed by atoms with Gasteiger partial charge in [-0.15, -0.1) is 0 Å². The van der Waals surface area contributed by atoms with Crippen LogP contribution in [-0.4, -0.2) is 6.04 Å². The average Bonchev–Trinajstić information content (AvgIpc) is 2.37. The van der Waals surface area contributed by atoms with Gasteiger partial charge in [0.2, 0.25) is 0 Å². The Morgan fingerprint density at radius 1 is 1.11 bits per heavy atom. The van der Waals surface area contributed by atoms with E-state index in [9.17, 15) is 0 Å². The molecule has 2 aromatic carbocycles. The van der Waals surface area contributed by atoms with Crippen molar-refractivity contribution in [1.82, 2.24) is 0 Å². The van der Waals surface area contributed by atoms with Crippen LogP contribution in [0, 0.1) is 6.92 Å². The molecular formula is C17H21NO. The lowest BCUT2D eigenvalue weighted by Crippen LogP contribution is -2.17. The third-order valence-corrected chi connectivity index (χ3v) is 3.11. The smallest absolute Gasteiger partial charge is 0.120 e. The van der Waals surface area contributed by atoms with Gasteiger partial charge in [-0.25, -0.2) is 0 Å². The van der Waals surface area contributed by atoms with Crippen molar-refractivity contribution in [2.75, 3.05) is 0 Å². The van der Waals surface area contributed by atoms with Crippen molar-refractivity contribution < 1.29 is 4.74 Å². The van der Waals surface area contributed by atoms with Crippen LogP contribution in [0.2, 0.25) is 0 Å². The van der Waals surface area contributed by atoms with Crippen molar-refractivity contribution in [2.45, 2.75) is 32.9 Å². The number of ether oxygens (including phenoxy) is 1. The molecule has 0 heterocycles. The minimum atomic E-state index is 0.173. The minimum absolute atomic E-state index is 0.173. The van der Waals surface area contributed by atoms with Crippen LogP contribution in [0.15, 0.2) is 48.5 Å². The summed E-state index contributed by atoms with van der Waals surface area (Å²) in [5.41, 5.74) is 9.52. The zero-order valence-corrected chi connectivity index (χ0v) is 11.6. The Morgan fingerprint density at radius 2 is 1.89 bits per heavy atom. The van der Waals surface area contributed by atoms with Crippen LogP contribution in [0.1, 0.15) is 23.6 Å². The lowest BCUT2D eigenvalue weighted by atomic mass is 10.1. The van der Waals surface area contributed by atoms with Gasteiger partial charge in [0.15, 0.2) is 0 Å². The molecule has 1 atom stereocenters. The summed E-state index contributed by atoms with van der Waals surface area (Å²) in [6.07, 6.45) is 0.877. The third kappa shape index (κ3) is 4.11. The molecule has 0 spiro atoms. The van der Waals surface area contributed by atoms with Crippen LogP contribution < -0.4 is 10.5 Å². The van der Waals surface area contributed by atoms with Crippen molar-refractivity contribution in [3.63, 3.8) is 0 Å². The van der Waals surface area contributed by atoms with Gasteiger partial charge >= 0.3 is 0 Å². The van der Waals surface area contributed by atoms with Crippen LogP contribution in [-0.2, 0) is 13.0 Å². The quantitative estimate of drug-likeness (QED) is 0.888. The summed E-state index contributed by atoms with van der Waals surface area (Å²) >= 11 is 0. The van der Waals surface area contributed by atoms with E-state index in [1.807, 2.05) is 31.2 Å². The number of hydrogen-bond acceptors (Lipinski definition) is 2. The van der Waals surface area contributed by atoms with Crippen molar-refractivity contribution >= 4 is 0 Å². The fourth-order valence-electron chi connectivity index (χ4n) is 2.07. The molecule has 0 aliphatic heterocycles. The SMILES string of the molecule is Cc1ccccc1COc1cccc(CC(C)N)c1. The molecule has 2 heteroatoms. The maximum Gasteiger partial charge on any atom is 0.120 e. The fourth-order valence-corrected chi connectivity index (χ4v) is 2.07. The van der Waals surface area contributed by atoms with Gasteiger partial charge in [-0.3, -0.25) is 0 Å². The minimum Gasteiger partial charge on any atom is -0.489 e. The molecule has 0 fully saturated rings. The maximum absolute atomic E-state index is 5.85. The molecule has 0 aliphatic carbocycles. The molecule has 0 saturated heterocycles. The van der Waals surface area contributed by atoms with Gasteiger partial charge in [0.1, 0.15) is 12.4 Å². The van der Waals surface area contributed by atoms with E-state index in [1.165, 1.54) is 16.7 Å². The summed E-state index contributed by atoms with van der Waals surface area (Å²) in [7, 11) is 0. The Labute approximate surface area is 115 Å². The molecule has 2 N–H and O–H groups in total. The first-order valence-corrected chi connectivity index (χ1v) is 6.67. The van der Waals surface area contributed by atoms with Crippen molar-refractivity contribution in [1.29, 1.82) is 0 Å². The largest absolute Gasteiger partial charge is 0.489 e. The molecule has 0 bridgehead atoms. The van der Waals surface area contributed by atoms with Crippen LogP contribution in [0.25, 0.3) is 0 Å². The zero-order chi connectivity index (χ0) is 13.7. The Bertz CT molecular complexity index is 534.